The van der Waals surface area contributed by atoms with Gasteiger partial charge in [-0.2, -0.15) is 0 Å². The minimum Gasteiger partial charge on any atom is -0.322 e. The van der Waals surface area contributed by atoms with Crippen molar-refractivity contribution in [1.82, 2.24) is 0 Å². The molecule has 0 radical (unpaired) electrons. The molecule has 1 heterocycles. The van der Waals surface area contributed by atoms with Crippen molar-refractivity contribution in [2.75, 3.05) is 21.9 Å². The van der Waals surface area contributed by atoms with E-state index < -0.39 is 10.0 Å². The van der Waals surface area contributed by atoms with Gasteiger partial charge in [0.1, 0.15) is 0 Å². The number of carbonyl (C=O) groups is 1. The lowest BCUT2D eigenvalue weighted by molar-refractivity contribution is 0.102. The molecular weight excluding hydrogens is 348 g/mol. The van der Waals surface area contributed by atoms with Crippen LogP contribution < -0.4 is 9.62 Å². The van der Waals surface area contributed by atoms with E-state index in [1.165, 1.54) is 4.31 Å². The lowest BCUT2D eigenvalue weighted by Crippen LogP contribution is -2.38. The van der Waals surface area contributed by atoms with E-state index in [-0.39, 0.29) is 11.7 Å². The van der Waals surface area contributed by atoms with E-state index in [4.69, 9.17) is 11.6 Å². The molecule has 0 bridgehead atoms. The van der Waals surface area contributed by atoms with Crippen LogP contribution in [0.2, 0.25) is 5.02 Å². The van der Waals surface area contributed by atoms with Gasteiger partial charge in [-0.25, -0.2) is 8.42 Å². The van der Waals surface area contributed by atoms with E-state index in [1.54, 1.807) is 42.5 Å². The highest BCUT2D eigenvalue weighted by molar-refractivity contribution is 7.92. The maximum atomic E-state index is 12.2. The molecule has 2 aromatic carbocycles. The molecule has 7 heteroatoms. The van der Waals surface area contributed by atoms with Crippen LogP contribution in [0.1, 0.15) is 23.2 Å². The molecule has 5 nitrogen and oxygen atoms in total. The van der Waals surface area contributed by atoms with Crippen molar-refractivity contribution in [1.29, 1.82) is 0 Å². The molecule has 24 heavy (non-hydrogen) atoms. The average Bonchev–Trinajstić information content (AvgIpc) is 2.56. The fourth-order valence-electron chi connectivity index (χ4n) is 2.64. The highest BCUT2D eigenvalue weighted by Gasteiger charge is 2.27. The normalized spacial score (nSPS) is 16.6. The number of nitrogens with zero attached hydrogens (tertiary/aromatic N) is 1. The summed E-state index contributed by atoms with van der Waals surface area (Å²) in [7, 11) is -3.32. The van der Waals surface area contributed by atoms with Crippen molar-refractivity contribution in [3.63, 3.8) is 0 Å². The summed E-state index contributed by atoms with van der Waals surface area (Å²) in [5.41, 5.74) is 1.51. The first-order valence-electron chi connectivity index (χ1n) is 7.64. The zero-order valence-electron chi connectivity index (χ0n) is 12.9. The highest BCUT2D eigenvalue weighted by atomic mass is 35.5. The Balaban J connectivity index is 1.81. The number of rotatable bonds is 3. The van der Waals surface area contributed by atoms with E-state index in [1.807, 2.05) is 6.07 Å². The van der Waals surface area contributed by atoms with Gasteiger partial charge >= 0.3 is 0 Å². The third-order valence-corrected chi connectivity index (χ3v) is 6.02. The second-order valence-electron chi connectivity index (χ2n) is 5.58. The predicted molar refractivity (Wildman–Crippen MR) is 96.2 cm³/mol. The summed E-state index contributed by atoms with van der Waals surface area (Å²) in [4.78, 5) is 12.2. The van der Waals surface area contributed by atoms with E-state index in [0.29, 0.717) is 34.9 Å². The molecule has 0 saturated carbocycles. The Morgan fingerprint density at radius 1 is 1.08 bits per heavy atom. The summed E-state index contributed by atoms with van der Waals surface area (Å²) in [5, 5.41) is 3.06. The van der Waals surface area contributed by atoms with Gasteiger partial charge in [0.2, 0.25) is 10.0 Å². The van der Waals surface area contributed by atoms with Gasteiger partial charge in [-0.3, -0.25) is 9.10 Å². The van der Waals surface area contributed by atoms with Crippen LogP contribution in [0.4, 0.5) is 11.4 Å². The predicted octanol–water partition coefficient (Wildman–Crippen LogP) is 3.52. The lowest BCUT2D eigenvalue weighted by atomic mass is 10.2. The van der Waals surface area contributed by atoms with E-state index >= 15 is 0 Å². The van der Waals surface area contributed by atoms with Crippen LogP contribution >= 0.6 is 11.6 Å². The minimum atomic E-state index is -3.32. The second kappa shape index (κ2) is 6.83. The van der Waals surface area contributed by atoms with Crippen LogP contribution in [0.15, 0.2) is 48.5 Å². The van der Waals surface area contributed by atoms with E-state index in [2.05, 4.69) is 5.32 Å². The van der Waals surface area contributed by atoms with Gasteiger partial charge in [-0.15, -0.1) is 0 Å². The molecule has 1 saturated heterocycles. The third kappa shape index (κ3) is 3.55. The monoisotopic (exact) mass is 364 g/mol. The Morgan fingerprint density at radius 3 is 2.50 bits per heavy atom. The fourth-order valence-corrected chi connectivity index (χ4v) is 4.63. The summed E-state index contributed by atoms with van der Waals surface area (Å²) in [6, 6.07) is 13.7. The summed E-state index contributed by atoms with van der Waals surface area (Å²) in [5.74, 6) is -0.111. The summed E-state index contributed by atoms with van der Waals surface area (Å²) in [6.45, 7) is 0.428. The van der Waals surface area contributed by atoms with Crippen molar-refractivity contribution in [2.24, 2.45) is 0 Å². The molecule has 2 aromatic rings. The molecular formula is C17H17ClN2O3S. The van der Waals surface area contributed by atoms with Gasteiger partial charge < -0.3 is 5.32 Å². The van der Waals surface area contributed by atoms with Crippen molar-refractivity contribution >= 4 is 38.9 Å². The van der Waals surface area contributed by atoms with Crippen LogP contribution in [0.25, 0.3) is 0 Å². The van der Waals surface area contributed by atoms with Gasteiger partial charge in [0.15, 0.2) is 0 Å². The number of hydrogen-bond donors (Lipinski definition) is 1. The first-order chi connectivity index (χ1) is 11.5. The maximum absolute atomic E-state index is 12.2. The number of hydrogen-bond acceptors (Lipinski definition) is 3. The minimum absolute atomic E-state index is 0.135. The average molecular weight is 365 g/mol. The number of nitrogens with one attached hydrogen (secondary N) is 1. The zero-order valence-corrected chi connectivity index (χ0v) is 14.5. The summed E-state index contributed by atoms with van der Waals surface area (Å²) >= 11 is 6.26. The Bertz CT molecular complexity index is 853. The van der Waals surface area contributed by atoms with Crippen LogP contribution in [-0.4, -0.2) is 26.6 Å². The number of anilines is 2. The number of benzene rings is 2. The Labute approximate surface area is 146 Å². The molecule has 0 aromatic heterocycles. The molecule has 1 amide bonds. The Kier molecular flexibility index (Phi) is 4.78. The maximum Gasteiger partial charge on any atom is 0.255 e. The Morgan fingerprint density at radius 2 is 1.83 bits per heavy atom. The van der Waals surface area contributed by atoms with Crippen molar-refractivity contribution < 1.29 is 13.2 Å². The number of halogens is 1. The molecule has 1 aliphatic heterocycles. The SMILES string of the molecule is O=C(Nc1ccc(N2CCCCS2(=O)=O)c(Cl)c1)c1ccccc1. The van der Waals surface area contributed by atoms with Crippen LogP contribution in [-0.2, 0) is 10.0 Å². The third-order valence-electron chi connectivity index (χ3n) is 3.86. The summed E-state index contributed by atoms with van der Waals surface area (Å²) in [6.07, 6.45) is 1.48. The first-order valence-corrected chi connectivity index (χ1v) is 9.62. The number of carbonyl (C=O) groups excluding carboxylic acids is 1. The van der Waals surface area contributed by atoms with Crippen molar-refractivity contribution in [3.8, 4) is 0 Å². The van der Waals surface area contributed by atoms with Gasteiger partial charge in [0, 0.05) is 17.8 Å². The van der Waals surface area contributed by atoms with Gasteiger partial charge in [-0.05, 0) is 43.2 Å². The lowest BCUT2D eigenvalue weighted by Gasteiger charge is -2.29. The largest absolute Gasteiger partial charge is 0.322 e. The topological polar surface area (TPSA) is 66.5 Å². The van der Waals surface area contributed by atoms with Crippen molar-refractivity contribution in [2.45, 2.75) is 12.8 Å². The molecule has 0 spiro atoms. The zero-order chi connectivity index (χ0) is 17.2. The molecule has 1 fully saturated rings. The second-order valence-corrected chi connectivity index (χ2v) is 8.00. The molecule has 0 aliphatic carbocycles. The summed E-state index contributed by atoms with van der Waals surface area (Å²) < 4.78 is 25.7. The number of amides is 1. The van der Waals surface area contributed by atoms with Gasteiger partial charge in [-0.1, -0.05) is 29.8 Å². The van der Waals surface area contributed by atoms with Crippen LogP contribution in [0, 0.1) is 0 Å². The number of sulfonamides is 1. The molecule has 126 valence electrons. The van der Waals surface area contributed by atoms with E-state index in [0.717, 1.165) is 6.42 Å². The van der Waals surface area contributed by atoms with Crippen molar-refractivity contribution in [3.05, 3.63) is 59.1 Å². The smallest absolute Gasteiger partial charge is 0.255 e. The van der Waals surface area contributed by atoms with E-state index in [9.17, 15) is 13.2 Å². The van der Waals surface area contributed by atoms with Gasteiger partial charge in [0.05, 0.1) is 16.5 Å². The quantitative estimate of drug-likeness (QED) is 0.906. The molecule has 3 rings (SSSR count). The molecule has 0 atom stereocenters. The Hall–Kier alpha value is -2.05. The van der Waals surface area contributed by atoms with Crippen LogP contribution in [0.3, 0.4) is 0 Å². The fraction of sp³-hybridized carbons (Fsp3) is 0.235. The highest BCUT2D eigenvalue weighted by Crippen LogP contribution is 2.32. The standard InChI is InChI=1S/C17H17ClN2O3S/c18-15-12-14(19-17(21)13-6-2-1-3-7-13)8-9-16(15)20-10-4-5-11-24(20,22)23/h1-3,6-9,12H,4-5,10-11H2,(H,19,21). The molecule has 1 aliphatic rings. The molecule has 1 N–H and O–H groups in total. The van der Waals surface area contributed by atoms with Crippen LogP contribution in [0.5, 0.6) is 0 Å². The first kappa shape index (κ1) is 16.8. The van der Waals surface area contributed by atoms with Gasteiger partial charge in [0.25, 0.3) is 5.91 Å². The molecule has 0 unspecified atom stereocenters.